The topological polar surface area (TPSA) is 78.1 Å². The Morgan fingerprint density at radius 1 is 1.17 bits per heavy atom. The Morgan fingerprint density at radius 2 is 1.93 bits per heavy atom. The molecule has 0 radical (unpaired) electrons. The van der Waals surface area contributed by atoms with Crippen LogP contribution in [0.2, 0.25) is 0 Å². The van der Waals surface area contributed by atoms with Gasteiger partial charge in [0.05, 0.1) is 23.5 Å². The number of nitrogens with zero attached hydrogens (tertiary/aromatic N) is 2. The van der Waals surface area contributed by atoms with E-state index in [0.717, 1.165) is 41.8 Å². The molecule has 3 aromatic rings. The van der Waals surface area contributed by atoms with Crippen LogP contribution in [0.1, 0.15) is 49.5 Å². The van der Waals surface area contributed by atoms with Gasteiger partial charge >= 0.3 is 0 Å². The van der Waals surface area contributed by atoms with E-state index in [1.165, 1.54) is 6.92 Å². The number of aromatic amines is 1. The van der Waals surface area contributed by atoms with Gasteiger partial charge < -0.3 is 15.2 Å². The molecule has 0 spiro atoms. The summed E-state index contributed by atoms with van der Waals surface area (Å²) in [6, 6.07) is 17.4. The van der Waals surface area contributed by atoms with E-state index in [1.807, 2.05) is 59.5 Å². The molecule has 29 heavy (non-hydrogen) atoms. The third-order valence-corrected chi connectivity index (χ3v) is 5.53. The van der Waals surface area contributed by atoms with E-state index in [2.05, 4.69) is 10.3 Å². The van der Waals surface area contributed by atoms with Crippen LogP contribution in [-0.2, 0) is 9.59 Å². The molecule has 6 heteroatoms. The first-order valence-corrected chi connectivity index (χ1v) is 10.1. The van der Waals surface area contributed by atoms with Crippen LogP contribution < -0.4 is 5.32 Å². The van der Waals surface area contributed by atoms with Gasteiger partial charge in [-0.05, 0) is 30.5 Å². The van der Waals surface area contributed by atoms with Gasteiger partial charge in [0.25, 0.3) is 0 Å². The highest BCUT2D eigenvalue weighted by Gasteiger charge is 2.28. The van der Waals surface area contributed by atoms with Crippen molar-refractivity contribution in [3.05, 3.63) is 66.0 Å². The van der Waals surface area contributed by atoms with Crippen molar-refractivity contribution in [2.24, 2.45) is 0 Å². The summed E-state index contributed by atoms with van der Waals surface area (Å²) in [7, 11) is 0. The maximum Gasteiger partial charge on any atom is 0.225 e. The monoisotopic (exact) mass is 390 g/mol. The van der Waals surface area contributed by atoms with Gasteiger partial charge in [0.1, 0.15) is 5.82 Å². The first-order chi connectivity index (χ1) is 14.1. The number of amides is 2. The predicted octanol–water partition coefficient (Wildman–Crippen LogP) is 3.54. The van der Waals surface area contributed by atoms with Crippen LogP contribution in [0.4, 0.5) is 0 Å². The second kappa shape index (κ2) is 8.47. The van der Waals surface area contributed by atoms with Crippen molar-refractivity contribution >= 4 is 22.8 Å². The van der Waals surface area contributed by atoms with Gasteiger partial charge in [-0.1, -0.05) is 42.5 Å². The number of carbonyl (C=O) groups excluding carboxylic acids is 2. The number of rotatable bonds is 5. The molecule has 2 heterocycles. The highest BCUT2D eigenvalue weighted by molar-refractivity contribution is 5.79. The van der Waals surface area contributed by atoms with Crippen molar-refractivity contribution in [2.75, 3.05) is 13.1 Å². The van der Waals surface area contributed by atoms with Gasteiger partial charge in [-0.2, -0.15) is 0 Å². The van der Waals surface area contributed by atoms with Gasteiger partial charge in [0, 0.05) is 25.9 Å². The van der Waals surface area contributed by atoms with Crippen molar-refractivity contribution in [3.63, 3.8) is 0 Å². The third kappa shape index (κ3) is 4.47. The van der Waals surface area contributed by atoms with Gasteiger partial charge in [0.2, 0.25) is 11.8 Å². The molecule has 6 nitrogen and oxygen atoms in total. The maximum absolute atomic E-state index is 13.1. The first kappa shape index (κ1) is 19.2. The molecule has 2 atom stereocenters. The lowest BCUT2D eigenvalue weighted by atomic mass is 9.96. The smallest absolute Gasteiger partial charge is 0.225 e. The molecule has 0 aliphatic carbocycles. The standard InChI is InChI=1S/C23H26N4O2/c1-16(28)24-21(17-8-3-2-4-9-17)14-22(29)27-13-7-10-18(15-27)23-25-19-11-5-6-12-20(19)26-23/h2-6,8-9,11-12,18,21H,7,10,13-15H2,1H3,(H,24,28)(H,25,26). The fraction of sp³-hybridized carbons (Fsp3) is 0.348. The van der Waals surface area contributed by atoms with Crippen molar-refractivity contribution < 1.29 is 9.59 Å². The number of carbonyl (C=O) groups is 2. The number of likely N-dealkylation sites (tertiary alicyclic amines) is 1. The Balaban J connectivity index is 1.46. The Hall–Kier alpha value is -3.15. The molecular formula is C23H26N4O2. The number of H-pyrrole nitrogens is 1. The molecule has 1 aliphatic heterocycles. The summed E-state index contributed by atoms with van der Waals surface area (Å²) >= 11 is 0. The average molecular weight is 390 g/mol. The number of nitrogens with one attached hydrogen (secondary N) is 2. The second-order valence-corrected chi connectivity index (χ2v) is 7.69. The SMILES string of the molecule is CC(=O)NC(CC(=O)N1CCCC(c2nc3ccccc3[nH]2)C1)c1ccccc1. The molecule has 1 aromatic heterocycles. The summed E-state index contributed by atoms with van der Waals surface area (Å²) in [5.74, 6) is 1.08. The molecule has 4 rings (SSSR count). The summed E-state index contributed by atoms with van der Waals surface area (Å²) in [6.45, 7) is 2.89. The molecule has 2 aromatic carbocycles. The van der Waals surface area contributed by atoms with Gasteiger partial charge in [-0.15, -0.1) is 0 Å². The number of hydrogen-bond acceptors (Lipinski definition) is 3. The molecule has 0 saturated carbocycles. The second-order valence-electron chi connectivity index (χ2n) is 7.69. The summed E-state index contributed by atoms with van der Waals surface area (Å²) in [4.78, 5) is 34.8. The number of fused-ring (bicyclic) bond motifs is 1. The van der Waals surface area contributed by atoms with Crippen LogP contribution in [0.15, 0.2) is 54.6 Å². The lowest BCUT2D eigenvalue weighted by Crippen LogP contribution is -2.41. The summed E-state index contributed by atoms with van der Waals surface area (Å²) in [5, 5.41) is 2.92. The van der Waals surface area contributed by atoms with Crippen molar-refractivity contribution in [1.82, 2.24) is 20.2 Å². The van der Waals surface area contributed by atoms with E-state index >= 15 is 0 Å². The zero-order valence-electron chi connectivity index (χ0n) is 16.6. The first-order valence-electron chi connectivity index (χ1n) is 10.1. The predicted molar refractivity (Wildman–Crippen MR) is 112 cm³/mol. The number of para-hydroxylation sites is 2. The fourth-order valence-electron chi connectivity index (χ4n) is 4.08. The highest BCUT2D eigenvalue weighted by Crippen LogP contribution is 2.28. The summed E-state index contributed by atoms with van der Waals surface area (Å²) < 4.78 is 0. The maximum atomic E-state index is 13.1. The molecule has 1 fully saturated rings. The normalized spacial score (nSPS) is 17.8. The molecular weight excluding hydrogens is 364 g/mol. The Kier molecular flexibility index (Phi) is 5.60. The van der Waals surface area contributed by atoms with E-state index in [0.29, 0.717) is 6.54 Å². The zero-order chi connectivity index (χ0) is 20.2. The molecule has 2 amide bonds. The Labute approximate surface area is 170 Å². The number of piperidine rings is 1. The van der Waals surface area contributed by atoms with Gasteiger partial charge in [-0.3, -0.25) is 9.59 Å². The Morgan fingerprint density at radius 3 is 2.69 bits per heavy atom. The van der Waals surface area contributed by atoms with Crippen molar-refractivity contribution in [3.8, 4) is 0 Å². The van der Waals surface area contributed by atoms with Crippen LogP contribution in [-0.4, -0.2) is 39.8 Å². The van der Waals surface area contributed by atoms with Gasteiger partial charge in [0.15, 0.2) is 0 Å². The molecule has 2 unspecified atom stereocenters. The van der Waals surface area contributed by atoms with Crippen LogP contribution in [0.25, 0.3) is 11.0 Å². The number of hydrogen-bond donors (Lipinski definition) is 2. The van der Waals surface area contributed by atoms with Crippen LogP contribution >= 0.6 is 0 Å². The van der Waals surface area contributed by atoms with E-state index in [9.17, 15) is 9.59 Å². The van der Waals surface area contributed by atoms with E-state index in [4.69, 9.17) is 4.98 Å². The minimum absolute atomic E-state index is 0.0633. The number of aromatic nitrogens is 2. The zero-order valence-corrected chi connectivity index (χ0v) is 16.6. The average Bonchev–Trinajstić information content (AvgIpc) is 3.18. The fourth-order valence-corrected chi connectivity index (χ4v) is 4.08. The quantitative estimate of drug-likeness (QED) is 0.699. The minimum atomic E-state index is -0.312. The number of benzene rings is 2. The minimum Gasteiger partial charge on any atom is -0.349 e. The molecule has 1 aliphatic rings. The number of imidazole rings is 1. The lowest BCUT2D eigenvalue weighted by Gasteiger charge is -2.33. The van der Waals surface area contributed by atoms with Gasteiger partial charge in [-0.25, -0.2) is 4.98 Å². The lowest BCUT2D eigenvalue weighted by molar-refractivity contribution is -0.133. The van der Waals surface area contributed by atoms with Crippen molar-refractivity contribution in [1.29, 1.82) is 0 Å². The third-order valence-electron chi connectivity index (χ3n) is 5.53. The molecule has 1 saturated heterocycles. The van der Waals surface area contributed by atoms with Crippen LogP contribution in [0.5, 0.6) is 0 Å². The van der Waals surface area contributed by atoms with Crippen LogP contribution in [0, 0.1) is 0 Å². The Bertz CT molecular complexity index is 965. The summed E-state index contributed by atoms with van der Waals surface area (Å²) in [6.07, 6.45) is 2.22. The molecule has 150 valence electrons. The van der Waals surface area contributed by atoms with Crippen molar-refractivity contribution in [2.45, 2.75) is 38.1 Å². The molecule has 2 N–H and O–H groups in total. The highest BCUT2D eigenvalue weighted by atomic mass is 16.2. The largest absolute Gasteiger partial charge is 0.349 e. The molecule has 0 bridgehead atoms. The summed E-state index contributed by atoms with van der Waals surface area (Å²) in [5.41, 5.74) is 2.93. The van der Waals surface area contributed by atoms with E-state index < -0.39 is 0 Å². The van der Waals surface area contributed by atoms with E-state index in [-0.39, 0.29) is 30.2 Å². The van der Waals surface area contributed by atoms with E-state index in [1.54, 1.807) is 0 Å². The van der Waals surface area contributed by atoms with Crippen LogP contribution in [0.3, 0.4) is 0 Å².